The maximum atomic E-state index is 10.9. The zero-order chi connectivity index (χ0) is 20.1. The fourth-order valence-corrected chi connectivity index (χ4v) is 4.00. The summed E-state index contributed by atoms with van der Waals surface area (Å²) in [5, 5.41) is 14.5. The van der Waals surface area contributed by atoms with E-state index in [0.29, 0.717) is 12.1 Å². The van der Waals surface area contributed by atoms with Gasteiger partial charge in [0.15, 0.2) is 0 Å². The Morgan fingerprint density at radius 2 is 1.52 bits per heavy atom. The van der Waals surface area contributed by atoms with E-state index in [1.165, 1.54) is 11.1 Å². The van der Waals surface area contributed by atoms with Gasteiger partial charge in [-0.2, -0.15) is 0 Å². The van der Waals surface area contributed by atoms with Crippen molar-refractivity contribution < 1.29 is 4.92 Å². The van der Waals surface area contributed by atoms with Crippen LogP contribution in [0.3, 0.4) is 0 Å². The van der Waals surface area contributed by atoms with Crippen molar-refractivity contribution in [3.8, 4) is 0 Å². The van der Waals surface area contributed by atoms with Crippen molar-refractivity contribution in [1.82, 2.24) is 10.2 Å². The fourth-order valence-electron chi connectivity index (χ4n) is 4.00. The van der Waals surface area contributed by atoms with Gasteiger partial charge in [0, 0.05) is 43.9 Å². The third kappa shape index (κ3) is 4.70. The lowest BCUT2D eigenvalue weighted by Gasteiger charge is -2.49. The van der Waals surface area contributed by atoms with Gasteiger partial charge >= 0.3 is 0 Å². The lowest BCUT2D eigenvalue weighted by Crippen LogP contribution is -2.53. The molecule has 1 aliphatic rings. The molecule has 0 aromatic heterocycles. The highest BCUT2D eigenvalue weighted by Crippen LogP contribution is 2.40. The summed E-state index contributed by atoms with van der Waals surface area (Å²) in [5.74, 6) is 0. The fraction of sp³-hybridized carbons (Fsp3) is 0.250. The van der Waals surface area contributed by atoms with Crippen molar-refractivity contribution in [2.75, 3.05) is 6.54 Å². The van der Waals surface area contributed by atoms with Crippen LogP contribution < -0.4 is 5.32 Å². The van der Waals surface area contributed by atoms with Gasteiger partial charge in [0.05, 0.1) is 4.92 Å². The summed E-state index contributed by atoms with van der Waals surface area (Å²) in [6, 6.07) is 28.6. The first-order valence-corrected chi connectivity index (χ1v) is 9.99. The first kappa shape index (κ1) is 19.3. The molecule has 0 bridgehead atoms. The quantitative estimate of drug-likeness (QED) is 0.450. The molecule has 1 aliphatic heterocycles. The molecule has 5 heteroatoms. The van der Waals surface area contributed by atoms with Crippen LogP contribution in [0.5, 0.6) is 0 Å². The van der Waals surface area contributed by atoms with E-state index >= 15 is 0 Å². The molecular formula is C24H25N3O2. The lowest BCUT2D eigenvalue weighted by molar-refractivity contribution is -0.384. The average Bonchev–Trinajstić information content (AvgIpc) is 2.76. The molecule has 4 rings (SSSR count). The Morgan fingerprint density at radius 1 is 0.897 bits per heavy atom. The van der Waals surface area contributed by atoms with Crippen LogP contribution in [0.2, 0.25) is 0 Å². The number of non-ortho nitro benzene ring substituents is 1. The number of rotatable bonds is 8. The van der Waals surface area contributed by atoms with Gasteiger partial charge in [0.25, 0.3) is 5.69 Å². The monoisotopic (exact) mass is 387 g/mol. The normalized spacial score (nSPS) is 18.9. The van der Waals surface area contributed by atoms with Crippen LogP contribution >= 0.6 is 0 Å². The molecule has 3 aromatic carbocycles. The van der Waals surface area contributed by atoms with Gasteiger partial charge < -0.3 is 5.32 Å². The summed E-state index contributed by atoms with van der Waals surface area (Å²) in [7, 11) is 0. The van der Waals surface area contributed by atoms with Crippen molar-refractivity contribution in [3.05, 3.63) is 112 Å². The van der Waals surface area contributed by atoms with E-state index in [4.69, 9.17) is 0 Å². The van der Waals surface area contributed by atoms with Gasteiger partial charge in [-0.25, -0.2) is 0 Å². The Morgan fingerprint density at radius 3 is 2.14 bits per heavy atom. The standard InChI is InChI=1S/C24H25N3O2/c28-27(29)22-13-11-21(12-14-22)24-15-23(17-25-16-19-7-3-1-4-8-19)26(24)18-20-9-5-2-6-10-20/h1-14,23-25H,15-18H2/t23-,24+/m0/s1. The number of nitrogens with one attached hydrogen (secondary N) is 1. The van der Waals surface area contributed by atoms with Crippen molar-refractivity contribution >= 4 is 5.69 Å². The first-order valence-electron chi connectivity index (χ1n) is 9.99. The summed E-state index contributed by atoms with van der Waals surface area (Å²) in [6.07, 6.45) is 1.05. The van der Waals surface area contributed by atoms with Crippen molar-refractivity contribution in [2.24, 2.45) is 0 Å². The van der Waals surface area contributed by atoms with E-state index in [2.05, 4.69) is 58.7 Å². The minimum atomic E-state index is -0.345. The molecule has 1 N–H and O–H groups in total. The molecule has 1 fully saturated rings. The maximum Gasteiger partial charge on any atom is 0.269 e. The lowest BCUT2D eigenvalue weighted by atomic mass is 9.86. The summed E-state index contributed by atoms with van der Waals surface area (Å²) in [6.45, 7) is 2.66. The third-order valence-corrected chi connectivity index (χ3v) is 5.61. The molecular weight excluding hydrogens is 362 g/mol. The number of nitro benzene ring substituents is 1. The highest BCUT2D eigenvalue weighted by molar-refractivity contribution is 5.35. The van der Waals surface area contributed by atoms with Gasteiger partial charge in [-0.1, -0.05) is 72.8 Å². The molecule has 1 saturated heterocycles. The Labute approximate surface area is 171 Å². The molecule has 5 nitrogen and oxygen atoms in total. The molecule has 2 atom stereocenters. The van der Waals surface area contributed by atoms with Gasteiger partial charge in [-0.3, -0.25) is 15.0 Å². The van der Waals surface area contributed by atoms with Crippen molar-refractivity contribution in [1.29, 1.82) is 0 Å². The van der Waals surface area contributed by atoms with E-state index in [1.807, 2.05) is 24.3 Å². The Hall–Kier alpha value is -3.02. The van der Waals surface area contributed by atoms with Crippen molar-refractivity contribution in [3.63, 3.8) is 0 Å². The Balaban J connectivity index is 1.43. The van der Waals surface area contributed by atoms with E-state index < -0.39 is 0 Å². The number of likely N-dealkylation sites (tertiary alicyclic amines) is 1. The van der Waals surface area contributed by atoms with Crippen LogP contribution in [0.4, 0.5) is 5.69 Å². The highest BCUT2D eigenvalue weighted by Gasteiger charge is 2.38. The second kappa shape index (κ2) is 8.99. The highest BCUT2D eigenvalue weighted by atomic mass is 16.6. The number of benzene rings is 3. The molecule has 3 aromatic rings. The van der Waals surface area contributed by atoms with Crippen LogP contribution in [0.15, 0.2) is 84.9 Å². The molecule has 0 unspecified atom stereocenters. The molecule has 0 saturated carbocycles. The zero-order valence-corrected chi connectivity index (χ0v) is 16.3. The third-order valence-electron chi connectivity index (χ3n) is 5.61. The topological polar surface area (TPSA) is 58.4 Å². The van der Waals surface area contributed by atoms with Crippen LogP contribution in [0.1, 0.15) is 29.2 Å². The molecule has 29 heavy (non-hydrogen) atoms. The first-order chi connectivity index (χ1) is 14.2. The number of hydrogen-bond donors (Lipinski definition) is 1. The summed E-state index contributed by atoms with van der Waals surface area (Å²) in [5.41, 5.74) is 3.86. The summed E-state index contributed by atoms with van der Waals surface area (Å²) in [4.78, 5) is 13.1. The van der Waals surface area contributed by atoms with E-state index in [-0.39, 0.29) is 10.6 Å². The molecule has 148 valence electrons. The van der Waals surface area contributed by atoms with E-state index in [0.717, 1.165) is 31.6 Å². The van der Waals surface area contributed by atoms with E-state index in [9.17, 15) is 10.1 Å². The average molecular weight is 387 g/mol. The van der Waals surface area contributed by atoms with Crippen LogP contribution in [0, 0.1) is 10.1 Å². The molecule has 0 amide bonds. The number of nitrogens with zero attached hydrogens (tertiary/aromatic N) is 2. The number of nitro groups is 1. The smallest absolute Gasteiger partial charge is 0.269 e. The minimum absolute atomic E-state index is 0.142. The molecule has 0 spiro atoms. The second-order valence-corrected chi connectivity index (χ2v) is 7.53. The van der Waals surface area contributed by atoms with Crippen LogP contribution in [-0.4, -0.2) is 22.4 Å². The van der Waals surface area contributed by atoms with Gasteiger partial charge in [0.2, 0.25) is 0 Å². The maximum absolute atomic E-state index is 10.9. The predicted octanol–water partition coefficient (Wildman–Crippen LogP) is 4.70. The van der Waals surface area contributed by atoms with Gasteiger partial charge in [0.1, 0.15) is 0 Å². The molecule has 0 aliphatic carbocycles. The summed E-state index contributed by atoms with van der Waals surface area (Å²) >= 11 is 0. The van der Waals surface area contributed by atoms with Crippen LogP contribution in [0.25, 0.3) is 0 Å². The van der Waals surface area contributed by atoms with Crippen LogP contribution in [-0.2, 0) is 13.1 Å². The molecule has 0 radical (unpaired) electrons. The summed E-state index contributed by atoms with van der Waals surface area (Å²) < 4.78 is 0. The molecule has 1 heterocycles. The van der Waals surface area contributed by atoms with Crippen molar-refractivity contribution in [2.45, 2.75) is 31.6 Å². The minimum Gasteiger partial charge on any atom is -0.311 e. The zero-order valence-electron chi connectivity index (χ0n) is 16.3. The number of hydrogen-bond acceptors (Lipinski definition) is 4. The Kier molecular flexibility index (Phi) is 5.98. The van der Waals surface area contributed by atoms with E-state index in [1.54, 1.807) is 12.1 Å². The van der Waals surface area contributed by atoms with Gasteiger partial charge in [-0.05, 0) is 23.1 Å². The SMILES string of the molecule is O=[N+]([O-])c1ccc([C@H]2C[C@@H](CNCc3ccccc3)N2Cc2ccccc2)cc1. The van der Waals surface area contributed by atoms with Gasteiger partial charge in [-0.15, -0.1) is 0 Å². The largest absolute Gasteiger partial charge is 0.311 e. The second-order valence-electron chi connectivity index (χ2n) is 7.53. The Bertz CT molecular complexity index is 929. The predicted molar refractivity (Wildman–Crippen MR) is 114 cm³/mol.